The van der Waals surface area contributed by atoms with Crippen LogP contribution in [-0.4, -0.2) is 21.3 Å². The molecule has 9 heteroatoms. The number of allylic oxidation sites excluding steroid dienone is 7. The van der Waals surface area contributed by atoms with Crippen molar-refractivity contribution < 1.29 is 32.6 Å². The highest BCUT2D eigenvalue weighted by Gasteiger charge is 2.31. The van der Waals surface area contributed by atoms with Gasteiger partial charge in [-0.1, -0.05) is 46.6 Å². The fourth-order valence-corrected chi connectivity index (χ4v) is 3.95. The Bertz CT molecular complexity index is 710. The van der Waals surface area contributed by atoms with Crippen molar-refractivity contribution in [2.75, 3.05) is 6.61 Å². The summed E-state index contributed by atoms with van der Waals surface area (Å²) in [6, 6.07) is 0. The van der Waals surface area contributed by atoms with Gasteiger partial charge in [-0.3, -0.25) is 4.52 Å². The molecule has 0 aliphatic heterocycles. The van der Waals surface area contributed by atoms with E-state index in [9.17, 15) is 14.0 Å². The van der Waals surface area contributed by atoms with E-state index in [1.807, 2.05) is 6.92 Å². The molecule has 7 nitrogen and oxygen atoms in total. The molecule has 0 amide bonds. The lowest BCUT2D eigenvalue weighted by Crippen LogP contribution is -1.94. The molecular formula is C20H36O7P2. The maximum atomic E-state index is 11.3. The largest absolute Gasteiger partial charge is 0.481 e. The zero-order valence-corrected chi connectivity index (χ0v) is 19.9. The Morgan fingerprint density at radius 3 is 1.55 bits per heavy atom. The Kier molecular flexibility index (Phi) is 13.9. The standard InChI is InChI=1S/C20H36O7P2/c1-17(2)9-6-10-18(3)11-7-12-19(4)13-8-14-20(5)15-16-26-29(24,25)27-28(21,22)23/h9,11,13,15H,6-8,10,12,14,16H2,1-5H3,(H,24,25)(H2,21,22,23)/b18-11?,19-13+,20-15+. The molecule has 0 heterocycles. The van der Waals surface area contributed by atoms with E-state index in [1.165, 1.54) is 16.7 Å². The third kappa shape index (κ3) is 19.0. The van der Waals surface area contributed by atoms with E-state index in [-0.39, 0.29) is 6.61 Å². The number of hydrogen-bond acceptors (Lipinski definition) is 4. The van der Waals surface area contributed by atoms with Crippen molar-refractivity contribution in [3.63, 3.8) is 0 Å². The fraction of sp³-hybridized carbons (Fsp3) is 0.600. The molecule has 0 saturated heterocycles. The van der Waals surface area contributed by atoms with E-state index < -0.39 is 15.6 Å². The highest BCUT2D eigenvalue weighted by Crippen LogP contribution is 2.57. The Morgan fingerprint density at radius 2 is 1.14 bits per heavy atom. The lowest BCUT2D eigenvalue weighted by atomic mass is 10.0. The van der Waals surface area contributed by atoms with E-state index >= 15 is 0 Å². The van der Waals surface area contributed by atoms with Gasteiger partial charge in [0.15, 0.2) is 0 Å². The van der Waals surface area contributed by atoms with Crippen LogP contribution < -0.4 is 0 Å². The first-order valence-electron chi connectivity index (χ1n) is 9.65. The molecule has 0 aromatic heterocycles. The molecule has 0 spiro atoms. The van der Waals surface area contributed by atoms with Gasteiger partial charge in [-0.15, -0.1) is 0 Å². The fourth-order valence-electron chi connectivity index (χ4n) is 2.42. The predicted octanol–water partition coefficient (Wildman–Crippen LogP) is 6.36. The highest BCUT2D eigenvalue weighted by atomic mass is 31.3. The quantitative estimate of drug-likeness (QED) is 0.208. The number of rotatable bonds is 14. The molecule has 0 aliphatic carbocycles. The summed E-state index contributed by atoms with van der Waals surface area (Å²) in [7, 11) is -9.85. The van der Waals surface area contributed by atoms with Crippen LogP contribution in [-0.2, 0) is 18.0 Å². The number of phosphoric acid groups is 2. The van der Waals surface area contributed by atoms with Gasteiger partial charge in [-0.2, -0.15) is 4.31 Å². The monoisotopic (exact) mass is 450 g/mol. The molecule has 168 valence electrons. The highest BCUT2D eigenvalue weighted by molar-refractivity contribution is 7.60. The second kappa shape index (κ2) is 14.3. The Balaban J connectivity index is 4.20. The van der Waals surface area contributed by atoms with Gasteiger partial charge in [0.1, 0.15) is 0 Å². The molecule has 0 bridgehead atoms. The lowest BCUT2D eigenvalue weighted by Gasteiger charge is -2.11. The van der Waals surface area contributed by atoms with Crippen molar-refractivity contribution in [2.24, 2.45) is 0 Å². The molecule has 1 atom stereocenters. The summed E-state index contributed by atoms with van der Waals surface area (Å²) in [4.78, 5) is 26.2. The van der Waals surface area contributed by atoms with Crippen molar-refractivity contribution in [3.05, 3.63) is 46.6 Å². The van der Waals surface area contributed by atoms with Crippen LogP contribution in [0.2, 0.25) is 0 Å². The Morgan fingerprint density at radius 1 is 0.724 bits per heavy atom. The van der Waals surface area contributed by atoms with Gasteiger partial charge in [-0.05, 0) is 73.1 Å². The van der Waals surface area contributed by atoms with E-state index in [1.54, 1.807) is 6.08 Å². The average Bonchev–Trinajstić information content (AvgIpc) is 2.51. The van der Waals surface area contributed by atoms with Gasteiger partial charge >= 0.3 is 15.6 Å². The molecule has 0 aromatic rings. The molecular weight excluding hydrogens is 414 g/mol. The molecule has 0 radical (unpaired) electrons. The summed E-state index contributed by atoms with van der Waals surface area (Å²) in [6.07, 6.45) is 14.1. The van der Waals surface area contributed by atoms with Gasteiger partial charge in [-0.25, -0.2) is 9.13 Å². The van der Waals surface area contributed by atoms with Gasteiger partial charge in [0.25, 0.3) is 0 Å². The summed E-state index contributed by atoms with van der Waals surface area (Å²) < 4.78 is 30.1. The molecule has 0 aromatic carbocycles. The van der Waals surface area contributed by atoms with Crippen molar-refractivity contribution in [2.45, 2.75) is 73.1 Å². The summed E-state index contributed by atoms with van der Waals surface area (Å²) in [5, 5.41) is 0. The maximum Gasteiger partial charge on any atom is 0.481 e. The minimum absolute atomic E-state index is 0.265. The topological polar surface area (TPSA) is 113 Å². The van der Waals surface area contributed by atoms with Gasteiger partial charge < -0.3 is 14.7 Å². The lowest BCUT2D eigenvalue weighted by molar-refractivity contribution is 0.191. The van der Waals surface area contributed by atoms with Crippen molar-refractivity contribution >= 4 is 15.6 Å². The minimum Gasteiger partial charge on any atom is -0.302 e. The van der Waals surface area contributed by atoms with Crippen molar-refractivity contribution in [3.8, 4) is 0 Å². The van der Waals surface area contributed by atoms with Gasteiger partial charge in [0.2, 0.25) is 0 Å². The normalized spacial score (nSPS) is 15.9. The van der Waals surface area contributed by atoms with Crippen LogP contribution in [0.4, 0.5) is 0 Å². The van der Waals surface area contributed by atoms with Crippen LogP contribution in [0.15, 0.2) is 46.6 Å². The minimum atomic E-state index is -5.08. The first kappa shape index (κ1) is 28.2. The second-order valence-corrected chi connectivity index (χ2v) is 10.2. The van der Waals surface area contributed by atoms with Gasteiger partial charge in [0, 0.05) is 0 Å². The van der Waals surface area contributed by atoms with Crippen LogP contribution in [0.3, 0.4) is 0 Å². The van der Waals surface area contributed by atoms with E-state index in [4.69, 9.17) is 9.79 Å². The Hall–Kier alpha value is -0.780. The SMILES string of the molecule is CC(C)=CCCC(C)=CCC/C(C)=C/CC/C(C)=C/COP(=O)(O)OP(=O)(O)O. The molecule has 3 N–H and O–H groups in total. The van der Waals surface area contributed by atoms with Gasteiger partial charge in [0.05, 0.1) is 6.61 Å². The molecule has 0 aliphatic rings. The summed E-state index contributed by atoms with van der Waals surface area (Å²) in [6.45, 7) is 10.1. The first-order chi connectivity index (χ1) is 13.3. The van der Waals surface area contributed by atoms with Crippen LogP contribution in [0.1, 0.15) is 73.1 Å². The summed E-state index contributed by atoms with van der Waals surface area (Å²) >= 11 is 0. The van der Waals surface area contributed by atoms with Crippen LogP contribution in [0.25, 0.3) is 0 Å². The Labute approximate surface area is 175 Å². The zero-order chi connectivity index (χ0) is 22.5. The number of hydrogen-bond donors (Lipinski definition) is 3. The van der Waals surface area contributed by atoms with Crippen LogP contribution in [0.5, 0.6) is 0 Å². The van der Waals surface area contributed by atoms with Crippen LogP contribution >= 0.6 is 15.6 Å². The maximum absolute atomic E-state index is 11.3. The summed E-state index contributed by atoms with van der Waals surface area (Å²) in [5.41, 5.74) is 5.03. The third-order valence-corrected chi connectivity index (χ3v) is 6.18. The molecule has 0 rings (SSSR count). The molecule has 0 saturated carbocycles. The first-order valence-corrected chi connectivity index (χ1v) is 12.7. The molecule has 0 fully saturated rings. The van der Waals surface area contributed by atoms with Crippen molar-refractivity contribution in [1.82, 2.24) is 0 Å². The smallest absolute Gasteiger partial charge is 0.302 e. The molecule has 29 heavy (non-hydrogen) atoms. The van der Waals surface area contributed by atoms with E-state index in [0.29, 0.717) is 0 Å². The zero-order valence-electron chi connectivity index (χ0n) is 18.1. The third-order valence-electron chi connectivity index (χ3n) is 4.03. The van der Waals surface area contributed by atoms with Crippen molar-refractivity contribution in [1.29, 1.82) is 0 Å². The van der Waals surface area contributed by atoms with Crippen LogP contribution in [0, 0.1) is 0 Å². The second-order valence-electron chi connectivity index (χ2n) is 7.39. The molecule has 1 unspecified atom stereocenters. The number of phosphoric ester groups is 1. The summed E-state index contributed by atoms with van der Waals surface area (Å²) in [5.74, 6) is 0. The average molecular weight is 450 g/mol. The predicted molar refractivity (Wildman–Crippen MR) is 117 cm³/mol. The van der Waals surface area contributed by atoms with E-state index in [0.717, 1.165) is 44.1 Å². The van der Waals surface area contributed by atoms with E-state index in [2.05, 4.69) is 54.8 Å².